The third kappa shape index (κ3) is 9.34. The number of rotatable bonds is 20. The third-order valence-electron chi connectivity index (χ3n) is 14.7. The molecule has 0 spiro atoms. The fourth-order valence-electron chi connectivity index (χ4n) is 12.0. The molecule has 5 aromatic rings. The Kier molecular flexibility index (Phi) is 14.4. The number of H-pyrrole nitrogens is 1. The summed E-state index contributed by atoms with van der Waals surface area (Å²) in [5, 5.41) is 69.7. The highest BCUT2D eigenvalue weighted by Gasteiger charge is 2.51. The Bertz CT molecular complexity index is 2700. The van der Waals surface area contributed by atoms with Crippen molar-refractivity contribution < 1.29 is 44.5 Å². The third-order valence-corrected chi connectivity index (χ3v) is 14.7. The lowest BCUT2D eigenvalue weighted by Crippen LogP contribution is -2.56. The summed E-state index contributed by atoms with van der Waals surface area (Å²) in [6.45, 7) is 7.82. The van der Waals surface area contributed by atoms with Crippen molar-refractivity contribution in [2.45, 2.75) is 101 Å². The maximum absolute atomic E-state index is 11.7. The molecule has 4 aliphatic rings. The number of aromatic nitrogens is 1. The number of ether oxygens (including phenoxy) is 4. The van der Waals surface area contributed by atoms with Gasteiger partial charge in [-0.2, -0.15) is 0 Å². The first-order valence-corrected chi connectivity index (χ1v) is 24.7. The molecule has 6 atom stereocenters. The standard InChI is InChI=1S/C55H71N5O9/c1-31(2)23-54(3,65)27-58-29-59-28-55(67-30-57-5)24-43-40-22-42-47(33-9-13-44-32(18-33)15-16-60-44)36(25-56-4)20-41-45(63)14-12-38(48(41)42)49(40)52-39(11-10-37(26-62)68-52)51(43)69-53(55)35-19-34(8-7-17-61)50(64)46(21-35)66-6/h9,12-16,18-21,31,37,42,47,53,56-65H,7-8,10-11,17,22-30H2,1-6H3/t37-,42-,47+,53-,54+,55+/m1/s1. The Morgan fingerprint density at radius 3 is 2.55 bits per heavy atom. The van der Waals surface area contributed by atoms with E-state index in [2.05, 4.69) is 70.4 Å². The summed E-state index contributed by atoms with van der Waals surface area (Å²) in [6, 6.07) is 16.4. The minimum atomic E-state index is -1.07. The number of hydrogen-bond acceptors (Lipinski definition) is 13. The maximum Gasteiger partial charge on any atom is 0.161 e. The van der Waals surface area contributed by atoms with Crippen LogP contribution in [-0.4, -0.2) is 115 Å². The van der Waals surface area contributed by atoms with E-state index in [-0.39, 0.29) is 43.3 Å². The van der Waals surface area contributed by atoms with Crippen LogP contribution in [0.2, 0.25) is 0 Å². The van der Waals surface area contributed by atoms with Crippen molar-refractivity contribution in [2.24, 2.45) is 5.92 Å². The number of aliphatic hydroxyl groups excluding tert-OH is 2. The first-order valence-electron chi connectivity index (χ1n) is 24.7. The molecule has 14 heteroatoms. The van der Waals surface area contributed by atoms with Gasteiger partial charge in [-0.1, -0.05) is 26.0 Å². The predicted octanol–water partition coefficient (Wildman–Crippen LogP) is 6.45. The molecule has 14 nitrogen and oxygen atoms in total. The predicted molar refractivity (Wildman–Crippen MR) is 269 cm³/mol. The molecular weight excluding hydrogens is 875 g/mol. The van der Waals surface area contributed by atoms with Gasteiger partial charge in [-0.05, 0) is 158 Å². The zero-order valence-electron chi connectivity index (χ0n) is 40.9. The van der Waals surface area contributed by atoms with Crippen LogP contribution in [0.3, 0.4) is 0 Å². The van der Waals surface area contributed by atoms with E-state index >= 15 is 0 Å². The van der Waals surface area contributed by atoms with Crippen molar-refractivity contribution in [3.8, 4) is 39.9 Å². The van der Waals surface area contributed by atoms with E-state index in [0.717, 1.165) is 61.2 Å². The second kappa shape index (κ2) is 20.3. The largest absolute Gasteiger partial charge is 0.507 e. The molecule has 69 heavy (non-hydrogen) atoms. The van der Waals surface area contributed by atoms with Gasteiger partial charge in [-0.15, -0.1) is 0 Å². The van der Waals surface area contributed by atoms with Gasteiger partial charge in [0.05, 0.1) is 26.0 Å². The van der Waals surface area contributed by atoms with Crippen LogP contribution in [0.15, 0.2) is 60.3 Å². The normalized spacial score (nSPS) is 22.2. The fourth-order valence-corrected chi connectivity index (χ4v) is 12.0. The van der Waals surface area contributed by atoms with Gasteiger partial charge in [0.15, 0.2) is 17.6 Å². The second-order valence-electron chi connectivity index (χ2n) is 20.3. The van der Waals surface area contributed by atoms with E-state index in [1.54, 1.807) is 6.07 Å². The molecule has 10 N–H and O–H groups in total. The summed E-state index contributed by atoms with van der Waals surface area (Å²) in [4.78, 5) is 3.36. The lowest BCUT2D eigenvalue weighted by atomic mass is 9.62. The number of aryl methyl sites for hydroxylation is 1. The SMILES string of the molecule is CNCO[C@]1(CNCNC[C@@](C)(O)CC(C)C)Cc2c3c(c4c(c2O[C@@H]1c1cc(CCCO)c(O)c(OC)c1)CC[C@H](CO)O4)-c1ccc(O)c2c1[C@H](C3)[C@@H](c1ccc3[nH]ccc3c1)C(CNC)=C2. The van der Waals surface area contributed by atoms with Gasteiger partial charge in [0.2, 0.25) is 0 Å². The average molecular weight is 946 g/mol. The summed E-state index contributed by atoms with van der Waals surface area (Å²) < 4.78 is 27.5. The van der Waals surface area contributed by atoms with Crippen LogP contribution < -0.4 is 35.5 Å². The molecule has 370 valence electrons. The van der Waals surface area contributed by atoms with Crippen LogP contribution in [0, 0.1) is 5.92 Å². The summed E-state index contributed by atoms with van der Waals surface area (Å²) in [6.07, 6.45) is 6.72. The lowest BCUT2D eigenvalue weighted by Gasteiger charge is -2.48. The Labute approximate surface area is 405 Å². The van der Waals surface area contributed by atoms with E-state index in [4.69, 9.17) is 18.9 Å². The topological polar surface area (TPSA) is 202 Å². The number of aliphatic hydroxyl groups is 3. The van der Waals surface area contributed by atoms with Crippen molar-refractivity contribution in [2.75, 3.05) is 67.5 Å². The molecule has 0 fully saturated rings. The molecule has 2 aliphatic heterocycles. The van der Waals surface area contributed by atoms with Gasteiger partial charge in [-0.25, -0.2) is 0 Å². The van der Waals surface area contributed by atoms with Gasteiger partial charge < -0.3 is 65.4 Å². The van der Waals surface area contributed by atoms with Crippen LogP contribution in [0.4, 0.5) is 0 Å². The smallest absolute Gasteiger partial charge is 0.161 e. The van der Waals surface area contributed by atoms with Gasteiger partial charge in [0, 0.05) is 79.2 Å². The zero-order valence-corrected chi connectivity index (χ0v) is 40.9. The highest BCUT2D eigenvalue weighted by atomic mass is 16.6. The minimum absolute atomic E-state index is 0.0202. The molecule has 0 unspecified atom stereocenters. The molecule has 0 saturated heterocycles. The number of likely N-dealkylation sites (N-methyl/N-ethyl adjacent to an activating group) is 1. The first-order chi connectivity index (χ1) is 33.3. The van der Waals surface area contributed by atoms with E-state index in [0.29, 0.717) is 94.2 Å². The zero-order chi connectivity index (χ0) is 48.6. The van der Waals surface area contributed by atoms with Crippen LogP contribution in [0.25, 0.3) is 28.1 Å². The molecule has 3 heterocycles. The van der Waals surface area contributed by atoms with Crippen LogP contribution in [0.5, 0.6) is 28.7 Å². The number of methoxy groups -OCH3 is 1. The Hall–Kier alpha value is -5.16. The summed E-state index contributed by atoms with van der Waals surface area (Å²) >= 11 is 0. The fraction of sp³-hybridized carbons (Fsp3) is 0.491. The molecule has 0 radical (unpaired) electrons. The second-order valence-corrected chi connectivity index (χ2v) is 20.3. The number of fused-ring (bicyclic) bond motifs is 8. The number of aromatic amines is 1. The van der Waals surface area contributed by atoms with Gasteiger partial charge in [0.1, 0.15) is 29.0 Å². The lowest BCUT2D eigenvalue weighted by molar-refractivity contribution is -0.129. The van der Waals surface area contributed by atoms with Crippen molar-refractivity contribution in [1.82, 2.24) is 26.3 Å². The quantitative estimate of drug-likeness (QED) is 0.0302. The van der Waals surface area contributed by atoms with Crippen molar-refractivity contribution in [3.63, 3.8) is 0 Å². The number of nitrogens with one attached hydrogen (secondary N) is 5. The Balaban J connectivity index is 1.24. The highest BCUT2D eigenvalue weighted by Crippen LogP contribution is 2.61. The van der Waals surface area contributed by atoms with E-state index in [1.165, 1.54) is 18.2 Å². The molecular formula is C55H71N5O9. The minimum Gasteiger partial charge on any atom is -0.507 e. The maximum atomic E-state index is 11.7. The monoisotopic (exact) mass is 946 g/mol. The van der Waals surface area contributed by atoms with Crippen molar-refractivity contribution in [1.29, 1.82) is 0 Å². The van der Waals surface area contributed by atoms with Crippen LogP contribution >= 0.6 is 0 Å². The number of hydrogen-bond donors (Lipinski definition) is 10. The number of aromatic hydroxyl groups is 2. The van der Waals surface area contributed by atoms with E-state index in [1.807, 2.05) is 45.4 Å². The van der Waals surface area contributed by atoms with Crippen LogP contribution in [0.1, 0.15) is 102 Å². The van der Waals surface area contributed by atoms with Crippen LogP contribution in [-0.2, 0) is 30.4 Å². The summed E-state index contributed by atoms with van der Waals surface area (Å²) in [5.74, 6) is 2.18. The molecule has 0 bridgehead atoms. The number of phenolic OH excluding ortho intramolecular Hbond substituents is 2. The molecule has 9 rings (SSSR count). The number of benzene rings is 4. The van der Waals surface area contributed by atoms with E-state index < -0.39 is 23.4 Å². The van der Waals surface area contributed by atoms with Gasteiger partial charge in [0.25, 0.3) is 0 Å². The van der Waals surface area contributed by atoms with Crippen molar-refractivity contribution >= 4 is 17.0 Å². The van der Waals surface area contributed by atoms with Gasteiger partial charge in [-0.3, -0.25) is 5.32 Å². The molecule has 0 saturated carbocycles. The Morgan fingerprint density at radius 1 is 0.957 bits per heavy atom. The Morgan fingerprint density at radius 2 is 1.80 bits per heavy atom. The van der Waals surface area contributed by atoms with Crippen molar-refractivity contribution in [3.05, 3.63) is 105 Å². The number of phenols is 2. The highest BCUT2D eigenvalue weighted by molar-refractivity contribution is 5.90. The summed E-state index contributed by atoms with van der Waals surface area (Å²) in [7, 11) is 5.34. The molecule has 4 aromatic carbocycles. The molecule has 1 aromatic heterocycles. The van der Waals surface area contributed by atoms with Gasteiger partial charge >= 0.3 is 0 Å². The average Bonchev–Trinajstić information content (AvgIpc) is 3.81. The van der Waals surface area contributed by atoms with E-state index in [9.17, 15) is 25.5 Å². The molecule has 0 amide bonds. The first kappa shape index (κ1) is 48.8. The molecule has 2 aliphatic carbocycles. The summed E-state index contributed by atoms with van der Waals surface area (Å²) in [5.41, 5.74) is 9.72.